The highest BCUT2D eigenvalue weighted by molar-refractivity contribution is 6.20. The van der Waals surface area contributed by atoms with Crippen molar-refractivity contribution in [3.63, 3.8) is 0 Å². The highest BCUT2D eigenvalue weighted by Gasteiger charge is 2.17. The molecule has 3 aromatic rings. The second kappa shape index (κ2) is 5.44. The first-order chi connectivity index (χ1) is 10.1. The first-order valence-electron chi connectivity index (χ1n) is 6.64. The van der Waals surface area contributed by atoms with Crippen LogP contribution in [0.1, 0.15) is 29.8 Å². The third-order valence-electron chi connectivity index (χ3n) is 3.23. The van der Waals surface area contributed by atoms with E-state index in [0.717, 1.165) is 0 Å². The first-order valence-corrected chi connectivity index (χ1v) is 7.08. The standard InChI is InChI=1S/C14H14ClFN4O/c1-8(15)14-18-13-10(16)4-3-5-11(13)20(14)7-6-12-17-9(2)19-21-12/h3-5,8H,6-7H2,1-2H3. The number of imidazole rings is 1. The second-order valence-corrected chi connectivity index (χ2v) is 5.49. The minimum atomic E-state index is -0.349. The van der Waals surface area contributed by atoms with Crippen molar-refractivity contribution in [1.82, 2.24) is 19.7 Å². The predicted octanol–water partition coefficient (Wildman–Crippen LogP) is 3.41. The monoisotopic (exact) mass is 308 g/mol. The van der Waals surface area contributed by atoms with Gasteiger partial charge < -0.3 is 9.09 Å². The molecular weight excluding hydrogens is 295 g/mol. The van der Waals surface area contributed by atoms with E-state index in [1.54, 1.807) is 13.0 Å². The van der Waals surface area contributed by atoms with Crippen molar-refractivity contribution in [1.29, 1.82) is 0 Å². The summed E-state index contributed by atoms with van der Waals surface area (Å²) in [4.78, 5) is 8.48. The van der Waals surface area contributed by atoms with Gasteiger partial charge in [-0.2, -0.15) is 4.98 Å². The van der Waals surface area contributed by atoms with E-state index < -0.39 is 0 Å². The molecule has 110 valence electrons. The minimum Gasteiger partial charge on any atom is -0.339 e. The molecule has 1 aromatic carbocycles. The maximum atomic E-state index is 13.8. The van der Waals surface area contributed by atoms with Gasteiger partial charge in [-0.15, -0.1) is 11.6 Å². The average Bonchev–Trinajstić information content (AvgIpc) is 3.01. The summed E-state index contributed by atoms with van der Waals surface area (Å²) in [6, 6.07) is 4.88. The number of hydrogen-bond donors (Lipinski definition) is 0. The quantitative estimate of drug-likeness (QED) is 0.693. The Hall–Kier alpha value is -1.95. The molecule has 0 aliphatic carbocycles. The van der Waals surface area contributed by atoms with Gasteiger partial charge in [0.15, 0.2) is 11.6 Å². The van der Waals surface area contributed by atoms with Crippen LogP contribution in [-0.2, 0) is 13.0 Å². The smallest absolute Gasteiger partial charge is 0.228 e. The molecule has 1 atom stereocenters. The number of alkyl halides is 1. The van der Waals surface area contributed by atoms with E-state index in [2.05, 4.69) is 15.1 Å². The fraction of sp³-hybridized carbons (Fsp3) is 0.357. The maximum Gasteiger partial charge on any atom is 0.228 e. The van der Waals surface area contributed by atoms with Crippen molar-refractivity contribution in [2.75, 3.05) is 0 Å². The molecule has 0 aliphatic heterocycles. The fourth-order valence-electron chi connectivity index (χ4n) is 2.32. The number of aromatic nitrogens is 4. The summed E-state index contributed by atoms with van der Waals surface area (Å²) in [6.07, 6.45) is 0.541. The highest BCUT2D eigenvalue weighted by Crippen LogP contribution is 2.26. The number of hydrogen-bond acceptors (Lipinski definition) is 4. The van der Waals surface area contributed by atoms with Crippen LogP contribution in [0.2, 0.25) is 0 Å². The largest absolute Gasteiger partial charge is 0.339 e. The first kappa shape index (κ1) is 14.0. The van der Waals surface area contributed by atoms with Crippen LogP contribution in [-0.4, -0.2) is 19.7 Å². The molecule has 0 fully saturated rings. The van der Waals surface area contributed by atoms with Gasteiger partial charge in [-0.05, 0) is 26.0 Å². The lowest BCUT2D eigenvalue weighted by atomic mass is 10.3. The fourth-order valence-corrected chi connectivity index (χ4v) is 2.49. The molecule has 1 unspecified atom stereocenters. The van der Waals surface area contributed by atoms with Crippen LogP contribution in [0.5, 0.6) is 0 Å². The van der Waals surface area contributed by atoms with Crippen molar-refractivity contribution < 1.29 is 8.91 Å². The van der Waals surface area contributed by atoms with Gasteiger partial charge in [-0.25, -0.2) is 9.37 Å². The van der Waals surface area contributed by atoms with Gasteiger partial charge in [0.1, 0.15) is 11.3 Å². The zero-order valence-corrected chi connectivity index (χ0v) is 12.4. The van der Waals surface area contributed by atoms with Crippen molar-refractivity contribution in [2.24, 2.45) is 0 Å². The lowest BCUT2D eigenvalue weighted by Gasteiger charge is -2.08. The summed E-state index contributed by atoms with van der Waals surface area (Å²) in [5.74, 6) is 1.42. The summed E-state index contributed by atoms with van der Waals surface area (Å²) in [5.41, 5.74) is 1.05. The van der Waals surface area contributed by atoms with E-state index >= 15 is 0 Å². The number of para-hydroxylation sites is 1. The van der Waals surface area contributed by atoms with Crippen LogP contribution in [0, 0.1) is 12.7 Å². The molecule has 2 heterocycles. The molecule has 0 N–H and O–H groups in total. The van der Waals surface area contributed by atoms with Crippen molar-refractivity contribution >= 4 is 22.6 Å². The Bertz CT molecular complexity index is 780. The lowest BCUT2D eigenvalue weighted by molar-refractivity contribution is 0.368. The Morgan fingerprint density at radius 1 is 1.38 bits per heavy atom. The molecule has 21 heavy (non-hydrogen) atoms. The molecule has 0 saturated carbocycles. The van der Waals surface area contributed by atoms with Crippen LogP contribution < -0.4 is 0 Å². The third-order valence-corrected chi connectivity index (χ3v) is 3.43. The Morgan fingerprint density at radius 2 is 2.19 bits per heavy atom. The van der Waals surface area contributed by atoms with Crippen LogP contribution in [0.25, 0.3) is 11.0 Å². The zero-order valence-electron chi connectivity index (χ0n) is 11.7. The van der Waals surface area contributed by atoms with Crippen LogP contribution in [0.3, 0.4) is 0 Å². The summed E-state index contributed by atoms with van der Waals surface area (Å²) < 4.78 is 20.8. The number of aryl methyl sites for hydroxylation is 3. The molecule has 7 heteroatoms. The van der Waals surface area contributed by atoms with Crippen LogP contribution in [0.15, 0.2) is 22.7 Å². The topological polar surface area (TPSA) is 56.7 Å². The van der Waals surface area contributed by atoms with E-state index in [1.165, 1.54) is 6.07 Å². The van der Waals surface area contributed by atoms with Gasteiger partial charge >= 0.3 is 0 Å². The zero-order chi connectivity index (χ0) is 15.0. The van der Waals surface area contributed by atoms with E-state index in [1.807, 2.05) is 17.6 Å². The van der Waals surface area contributed by atoms with Crippen molar-refractivity contribution in [3.05, 3.63) is 41.6 Å². The predicted molar refractivity (Wildman–Crippen MR) is 76.7 cm³/mol. The molecule has 5 nitrogen and oxygen atoms in total. The molecule has 0 saturated heterocycles. The molecule has 0 aliphatic rings. The van der Waals surface area contributed by atoms with E-state index in [-0.39, 0.29) is 11.2 Å². The van der Waals surface area contributed by atoms with Crippen LogP contribution >= 0.6 is 11.6 Å². The van der Waals surface area contributed by atoms with Crippen molar-refractivity contribution in [2.45, 2.75) is 32.2 Å². The number of rotatable bonds is 4. The Balaban J connectivity index is 1.99. The Morgan fingerprint density at radius 3 is 2.86 bits per heavy atom. The summed E-state index contributed by atoms with van der Waals surface area (Å²) in [5, 5.41) is 3.44. The van der Waals surface area contributed by atoms with Gasteiger partial charge in [0.2, 0.25) is 5.89 Å². The Kier molecular flexibility index (Phi) is 3.63. The highest BCUT2D eigenvalue weighted by atomic mass is 35.5. The minimum absolute atomic E-state index is 0.318. The summed E-state index contributed by atoms with van der Waals surface area (Å²) in [7, 11) is 0. The average molecular weight is 309 g/mol. The van der Waals surface area contributed by atoms with Gasteiger partial charge in [0.05, 0.1) is 10.9 Å². The molecule has 3 rings (SSSR count). The van der Waals surface area contributed by atoms with E-state index in [4.69, 9.17) is 16.1 Å². The van der Waals surface area contributed by atoms with Crippen LogP contribution in [0.4, 0.5) is 4.39 Å². The third kappa shape index (κ3) is 2.63. The van der Waals surface area contributed by atoms with E-state index in [9.17, 15) is 4.39 Å². The molecule has 0 spiro atoms. The Labute approximate surface area is 125 Å². The molecule has 2 aromatic heterocycles. The lowest BCUT2D eigenvalue weighted by Crippen LogP contribution is -2.07. The molecule has 0 amide bonds. The van der Waals surface area contributed by atoms with Gasteiger partial charge in [0.25, 0.3) is 0 Å². The SMILES string of the molecule is Cc1noc(CCn2c(C(C)Cl)nc3c(F)cccc32)n1. The summed E-state index contributed by atoms with van der Waals surface area (Å²) in [6.45, 7) is 4.13. The number of benzene rings is 1. The molecular formula is C14H14ClFN4O. The van der Waals surface area contributed by atoms with Gasteiger partial charge in [-0.3, -0.25) is 0 Å². The molecule has 0 radical (unpaired) electrons. The number of nitrogens with zero attached hydrogens (tertiary/aromatic N) is 4. The normalized spacial score (nSPS) is 13.0. The van der Waals surface area contributed by atoms with Gasteiger partial charge in [-0.1, -0.05) is 11.2 Å². The molecule has 0 bridgehead atoms. The maximum absolute atomic E-state index is 13.8. The van der Waals surface area contributed by atoms with Gasteiger partial charge in [0, 0.05) is 13.0 Å². The number of fused-ring (bicyclic) bond motifs is 1. The second-order valence-electron chi connectivity index (χ2n) is 4.83. The number of halogens is 2. The summed E-state index contributed by atoms with van der Waals surface area (Å²) >= 11 is 6.16. The van der Waals surface area contributed by atoms with Crippen molar-refractivity contribution in [3.8, 4) is 0 Å². The van der Waals surface area contributed by atoms with E-state index in [0.29, 0.717) is 41.5 Å².